The summed E-state index contributed by atoms with van der Waals surface area (Å²) in [6.07, 6.45) is 0.138. The van der Waals surface area contributed by atoms with Crippen molar-refractivity contribution >= 4 is 45.1 Å². The second kappa shape index (κ2) is 6.72. The monoisotopic (exact) mass is 393 g/mol. The van der Waals surface area contributed by atoms with E-state index in [2.05, 4.69) is 15.9 Å². The van der Waals surface area contributed by atoms with E-state index in [1.807, 2.05) is 24.3 Å². The standard InChI is InChI=1S/C17H13BrClNO3/c18-12-5-7-13(8-6-12)20-10-11(9-16(20)21)17(22)23-15-4-2-1-3-14(15)19/h1-8,11H,9-10H2. The maximum Gasteiger partial charge on any atom is 0.316 e. The number of amides is 1. The van der Waals surface area contributed by atoms with Crippen LogP contribution in [-0.4, -0.2) is 18.4 Å². The molecule has 2 aromatic rings. The first-order valence-corrected chi connectivity index (χ1v) is 8.24. The summed E-state index contributed by atoms with van der Waals surface area (Å²) in [5.74, 6) is -0.712. The van der Waals surface area contributed by atoms with Crippen molar-refractivity contribution in [2.45, 2.75) is 6.42 Å². The molecular weight excluding hydrogens is 382 g/mol. The van der Waals surface area contributed by atoms with Gasteiger partial charge in [0.05, 0.1) is 10.9 Å². The lowest BCUT2D eigenvalue weighted by Gasteiger charge is -2.16. The van der Waals surface area contributed by atoms with Gasteiger partial charge in [-0.2, -0.15) is 0 Å². The fourth-order valence-electron chi connectivity index (χ4n) is 2.46. The molecule has 23 heavy (non-hydrogen) atoms. The Labute approximate surface area is 147 Å². The van der Waals surface area contributed by atoms with Gasteiger partial charge in [0.2, 0.25) is 5.91 Å². The number of esters is 1. The molecule has 0 N–H and O–H groups in total. The summed E-state index contributed by atoms with van der Waals surface area (Å²) in [5, 5.41) is 0.370. The molecule has 1 heterocycles. The molecule has 0 bridgehead atoms. The van der Waals surface area contributed by atoms with Crippen molar-refractivity contribution < 1.29 is 14.3 Å². The van der Waals surface area contributed by atoms with Crippen molar-refractivity contribution in [1.29, 1.82) is 0 Å². The minimum absolute atomic E-state index is 0.0894. The Hall–Kier alpha value is -1.85. The minimum atomic E-state index is -0.498. The highest BCUT2D eigenvalue weighted by molar-refractivity contribution is 9.10. The quantitative estimate of drug-likeness (QED) is 0.582. The third-order valence-corrected chi connectivity index (χ3v) is 4.48. The van der Waals surface area contributed by atoms with Gasteiger partial charge in [-0.05, 0) is 36.4 Å². The van der Waals surface area contributed by atoms with Crippen LogP contribution in [0.25, 0.3) is 0 Å². The van der Waals surface area contributed by atoms with Gasteiger partial charge in [-0.15, -0.1) is 0 Å². The average Bonchev–Trinajstić information content (AvgIpc) is 2.92. The van der Waals surface area contributed by atoms with E-state index in [9.17, 15) is 9.59 Å². The van der Waals surface area contributed by atoms with Crippen molar-refractivity contribution in [3.05, 3.63) is 58.0 Å². The fourth-order valence-corrected chi connectivity index (χ4v) is 2.89. The molecule has 1 amide bonds. The van der Waals surface area contributed by atoms with Crippen molar-refractivity contribution in [1.82, 2.24) is 0 Å². The number of anilines is 1. The topological polar surface area (TPSA) is 46.6 Å². The van der Waals surface area contributed by atoms with Crippen LogP contribution in [0.1, 0.15) is 6.42 Å². The number of carbonyl (C=O) groups excluding carboxylic acids is 2. The molecule has 1 saturated heterocycles. The van der Waals surface area contributed by atoms with E-state index in [1.54, 1.807) is 29.2 Å². The highest BCUT2D eigenvalue weighted by Gasteiger charge is 2.36. The van der Waals surface area contributed by atoms with Crippen LogP contribution < -0.4 is 9.64 Å². The van der Waals surface area contributed by atoms with Crippen LogP contribution in [0.4, 0.5) is 5.69 Å². The predicted octanol–water partition coefficient (Wildman–Crippen LogP) is 4.06. The summed E-state index contributed by atoms with van der Waals surface area (Å²) < 4.78 is 6.26. The summed E-state index contributed by atoms with van der Waals surface area (Å²) in [5.41, 5.74) is 0.770. The Morgan fingerprint density at radius 1 is 1.17 bits per heavy atom. The molecule has 1 fully saturated rings. The second-order valence-corrected chi connectivity index (χ2v) is 6.56. The fraction of sp³-hybridized carbons (Fsp3) is 0.176. The maximum atomic E-state index is 12.3. The Bertz CT molecular complexity index is 748. The number of ether oxygens (including phenoxy) is 1. The third kappa shape index (κ3) is 3.57. The van der Waals surface area contributed by atoms with E-state index in [0.29, 0.717) is 17.3 Å². The summed E-state index contributed by atoms with van der Waals surface area (Å²) in [6, 6.07) is 14.2. The van der Waals surface area contributed by atoms with Crippen LogP contribution in [0.2, 0.25) is 5.02 Å². The molecule has 3 rings (SSSR count). The molecule has 1 aliphatic rings. The van der Waals surface area contributed by atoms with Crippen LogP contribution in [-0.2, 0) is 9.59 Å². The summed E-state index contributed by atoms with van der Waals surface area (Å²) in [7, 11) is 0. The lowest BCUT2D eigenvalue weighted by molar-refractivity contribution is -0.139. The molecule has 1 unspecified atom stereocenters. The van der Waals surface area contributed by atoms with E-state index in [1.165, 1.54) is 0 Å². The Balaban J connectivity index is 1.71. The average molecular weight is 395 g/mol. The summed E-state index contributed by atoms with van der Waals surface area (Å²) >= 11 is 9.34. The van der Waals surface area contributed by atoms with Gasteiger partial charge in [0.1, 0.15) is 5.75 Å². The SMILES string of the molecule is O=C(Oc1ccccc1Cl)C1CC(=O)N(c2ccc(Br)cc2)C1. The molecule has 2 aromatic carbocycles. The number of hydrogen-bond donors (Lipinski definition) is 0. The lowest BCUT2D eigenvalue weighted by Crippen LogP contribution is -2.27. The van der Waals surface area contributed by atoms with E-state index >= 15 is 0 Å². The van der Waals surface area contributed by atoms with Crippen molar-refractivity contribution in [2.24, 2.45) is 5.92 Å². The zero-order valence-electron chi connectivity index (χ0n) is 12.0. The molecule has 0 saturated carbocycles. The number of para-hydroxylation sites is 1. The van der Waals surface area contributed by atoms with E-state index in [0.717, 1.165) is 10.2 Å². The molecular formula is C17H13BrClNO3. The van der Waals surface area contributed by atoms with Gasteiger partial charge >= 0.3 is 5.97 Å². The van der Waals surface area contributed by atoms with Gasteiger partial charge in [-0.3, -0.25) is 9.59 Å². The Kier molecular flexibility index (Phi) is 4.68. The highest BCUT2D eigenvalue weighted by Crippen LogP contribution is 2.29. The van der Waals surface area contributed by atoms with Gasteiger partial charge in [0.15, 0.2) is 0 Å². The molecule has 1 atom stereocenters. The first-order chi connectivity index (χ1) is 11.0. The van der Waals surface area contributed by atoms with Crippen LogP contribution in [0.5, 0.6) is 5.75 Å². The number of nitrogens with zero attached hydrogens (tertiary/aromatic N) is 1. The van der Waals surface area contributed by atoms with Gasteiger partial charge < -0.3 is 9.64 Å². The van der Waals surface area contributed by atoms with E-state index in [4.69, 9.17) is 16.3 Å². The molecule has 0 spiro atoms. The number of rotatable bonds is 3. The molecule has 0 radical (unpaired) electrons. The van der Waals surface area contributed by atoms with Gasteiger partial charge in [-0.25, -0.2) is 0 Å². The Morgan fingerprint density at radius 2 is 1.87 bits per heavy atom. The van der Waals surface area contributed by atoms with Crippen LogP contribution in [0, 0.1) is 5.92 Å². The van der Waals surface area contributed by atoms with E-state index in [-0.39, 0.29) is 12.3 Å². The van der Waals surface area contributed by atoms with Crippen LogP contribution in [0.3, 0.4) is 0 Å². The minimum Gasteiger partial charge on any atom is -0.425 e. The molecule has 0 aliphatic carbocycles. The van der Waals surface area contributed by atoms with Gasteiger partial charge in [0.25, 0.3) is 0 Å². The molecule has 0 aromatic heterocycles. The van der Waals surface area contributed by atoms with Gasteiger partial charge in [-0.1, -0.05) is 39.7 Å². The highest BCUT2D eigenvalue weighted by atomic mass is 79.9. The summed E-state index contributed by atoms with van der Waals surface area (Å²) in [6.45, 7) is 0.309. The van der Waals surface area contributed by atoms with Gasteiger partial charge in [0, 0.05) is 23.1 Å². The molecule has 1 aliphatic heterocycles. The zero-order chi connectivity index (χ0) is 16.4. The first-order valence-electron chi connectivity index (χ1n) is 7.07. The van der Waals surface area contributed by atoms with Crippen molar-refractivity contribution in [3.63, 3.8) is 0 Å². The van der Waals surface area contributed by atoms with Crippen molar-refractivity contribution in [3.8, 4) is 5.75 Å². The smallest absolute Gasteiger partial charge is 0.316 e. The molecule has 6 heteroatoms. The molecule has 4 nitrogen and oxygen atoms in total. The molecule has 118 valence electrons. The van der Waals surface area contributed by atoms with Crippen LogP contribution in [0.15, 0.2) is 53.0 Å². The maximum absolute atomic E-state index is 12.3. The van der Waals surface area contributed by atoms with E-state index < -0.39 is 11.9 Å². The number of benzene rings is 2. The largest absolute Gasteiger partial charge is 0.425 e. The predicted molar refractivity (Wildman–Crippen MR) is 91.7 cm³/mol. The summed E-state index contributed by atoms with van der Waals surface area (Å²) in [4.78, 5) is 26.1. The number of hydrogen-bond acceptors (Lipinski definition) is 3. The number of carbonyl (C=O) groups is 2. The number of halogens is 2. The zero-order valence-corrected chi connectivity index (χ0v) is 14.4. The second-order valence-electron chi connectivity index (χ2n) is 5.23. The normalized spacial score (nSPS) is 17.4. The van der Waals surface area contributed by atoms with Crippen molar-refractivity contribution in [2.75, 3.05) is 11.4 Å². The third-order valence-electron chi connectivity index (χ3n) is 3.64. The first kappa shape index (κ1) is 16.0. The lowest BCUT2D eigenvalue weighted by atomic mass is 10.1. The van der Waals surface area contributed by atoms with Crippen LogP contribution >= 0.6 is 27.5 Å². The Morgan fingerprint density at radius 3 is 2.57 bits per heavy atom.